The van der Waals surface area contributed by atoms with Gasteiger partial charge in [-0.05, 0) is 24.3 Å². The lowest BCUT2D eigenvalue weighted by Crippen LogP contribution is -2.40. The molecule has 0 unspecified atom stereocenters. The van der Waals surface area contributed by atoms with Gasteiger partial charge in [-0.2, -0.15) is 0 Å². The van der Waals surface area contributed by atoms with Crippen LogP contribution >= 0.6 is 0 Å². The maximum Gasteiger partial charge on any atom is 0.305 e. The quantitative estimate of drug-likeness (QED) is 0.311. The van der Waals surface area contributed by atoms with Crippen molar-refractivity contribution in [3.63, 3.8) is 0 Å². The Labute approximate surface area is 174 Å². The molecular weight excluding hydrogens is 386 g/mol. The van der Waals surface area contributed by atoms with Crippen LogP contribution in [0.5, 0.6) is 5.75 Å². The molecule has 2 aromatic carbocycles. The van der Waals surface area contributed by atoms with Gasteiger partial charge >= 0.3 is 5.97 Å². The van der Waals surface area contributed by atoms with Crippen molar-refractivity contribution in [1.82, 2.24) is 10.2 Å². The van der Waals surface area contributed by atoms with Gasteiger partial charge in [-0.25, -0.2) is 0 Å². The van der Waals surface area contributed by atoms with Crippen molar-refractivity contribution in [3.8, 4) is 5.75 Å². The third kappa shape index (κ3) is 6.33. The lowest BCUT2D eigenvalue weighted by atomic mass is 10.1. The molecule has 1 atom stereocenters. The smallest absolute Gasteiger partial charge is 0.305 e. The fraction of sp³-hybridized carbons (Fsp3) is 0.238. The van der Waals surface area contributed by atoms with Crippen molar-refractivity contribution in [3.05, 3.63) is 65.2 Å². The Bertz CT molecular complexity index is 941. The van der Waals surface area contributed by atoms with Gasteiger partial charge in [-0.15, -0.1) is 0 Å². The number of nitrogens with zero attached hydrogens (tertiary/aromatic N) is 1. The van der Waals surface area contributed by atoms with E-state index in [-0.39, 0.29) is 18.9 Å². The number of hydrogen-bond acceptors (Lipinski definition) is 5. The van der Waals surface area contributed by atoms with Crippen LogP contribution in [0.4, 0.5) is 0 Å². The van der Waals surface area contributed by atoms with Gasteiger partial charge in [0.15, 0.2) is 0 Å². The van der Waals surface area contributed by atoms with Crippen LogP contribution < -0.4 is 15.8 Å². The minimum atomic E-state index is -1.07. The molecular formula is C21H25N5O4. The molecule has 6 N–H and O–H groups in total. The van der Waals surface area contributed by atoms with Crippen molar-refractivity contribution in [1.29, 1.82) is 10.8 Å². The molecule has 30 heavy (non-hydrogen) atoms. The molecule has 0 aromatic heterocycles. The first-order valence-electron chi connectivity index (χ1n) is 9.13. The van der Waals surface area contributed by atoms with Crippen LogP contribution in [-0.4, -0.2) is 60.3 Å². The average molecular weight is 411 g/mol. The zero-order valence-electron chi connectivity index (χ0n) is 16.8. The number of aliphatic carboxylic acids is 1. The predicted octanol–water partition coefficient (Wildman–Crippen LogP) is 1.51. The third-order valence-electron chi connectivity index (χ3n) is 4.22. The summed E-state index contributed by atoms with van der Waals surface area (Å²) in [6, 6.07) is 12.3. The number of amidine groups is 2. The minimum Gasteiger partial charge on any atom is -0.491 e. The topological polar surface area (TPSA) is 153 Å². The molecule has 0 aliphatic heterocycles. The van der Waals surface area contributed by atoms with Crippen LogP contribution in [-0.2, 0) is 4.79 Å². The van der Waals surface area contributed by atoms with Gasteiger partial charge in [0.25, 0.3) is 5.91 Å². The zero-order valence-corrected chi connectivity index (χ0v) is 16.8. The van der Waals surface area contributed by atoms with Crippen LogP contribution in [0.3, 0.4) is 0 Å². The van der Waals surface area contributed by atoms with Crippen LogP contribution in [0, 0.1) is 10.8 Å². The summed E-state index contributed by atoms with van der Waals surface area (Å²) in [4.78, 5) is 25.4. The number of carboxylic acids is 1. The number of nitrogen functional groups attached to an aromatic ring is 1. The van der Waals surface area contributed by atoms with Crippen molar-refractivity contribution in [2.24, 2.45) is 5.73 Å². The maximum absolute atomic E-state index is 12.5. The molecule has 0 bridgehead atoms. The highest BCUT2D eigenvalue weighted by Gasteiger charge is 2.18. The maximum atomic E-state index is 12.5. The summed E-state index contributed by atoms with van der Waals surface area (Å²) in [5, 5.41) is 27.2. The van der Waals surface area contributed by atoms with E-state index >= 15 is 0 Å². The molecule has 2 aromatic rings. The molecule has 0 heterocycles. The normalized spacial score (nSPS) is 11.3. The number of carbonyl (C=O) groups is 2. The Kier molecular flexibility index (Phi) is 7.51. The van der Waals surface area contributed by atoms with Gasteiger partial charge in [-0.3, -0.25) is 20.4 Å². The molecule has 0 saturated carbocycles. The Morgan fingerprint density at radius 3 is 2.30 bits per heavy atom. The third-order valence-corrected chi connectivity index (χ3v) is 4.22. The van der Waals surface area contributed by atoms with E-state index in [1.807, 2.05) is 0 Å². The molecule has 0 radical (unpaired) electrons. The molecule has 0 aliphatic carbocycles. The van der Waals surface area contributed by atoms with E-state index in [2.05, 4.69) is 5.32 Å². The first-order chi connectivity index (χ1) is 14.2. The van der Waals surface area contributed by atoms with Crippen molar-refractivity contribution in [2.75, 3.05) is 20.7 Å². The SMILES string of the molecule is CN(C)C(=N)c1ccc(C(=O)N[C@@H](COc2cccc(C(=N)N)c2)CC(=O)O)cc1. The van der Waals surface area contributed by atoms with Gasteiger partial charge in [0.05, 0.1) is 12.5 Å². The molecule has 0 fully saturated rings. The van der Waals surface area contributed by atoms with E-state index < -0.39 is 17.9 Å². The standard InChI is InChI=1S/C21H25N5O4/c1-26(2)20(24)13-6-8-14(9-7-13)21(29)25-16(11-18(27)28)12-30-17-5-3-4-15(10-17)19(22)23/h3-10,16,24H,11-12H2,1-2H3,(H3,22,23)(H,25,29)(H,27,28)/t16-/m1/s1. The number of hydrogen-bond donors (Lipinski definition) is 5. The van der Waals surface area contributed by atoms with E-state index in [1.54, 1.807) is 67.5 Å². The fourth-order valence-corrected chi connectivity index (χ4v) is 2.62. The van der Waals surface area contributed by atoms with E-state index in [1.165, 1.54) is 0 Å². The predicted molar refractivity (Wildman–Crippen MR) is 113 cm³/mol. The van der Waals surface area contributed by atoms with E-state index in [0.717, 1.165) is 0 Å². The van der Waals surface area contributed by atoms with Crippen LogP contribution in [0.15, 0.2) is 48.5 Å². The summed E-state index contributed by atoms with van der Waals surface area (Å²) in [6.07, 6.45) is -0.318. The number of nitrogens with one attached hydrogen (secondary N) is 3. The van der Waals surface area contributed by atoms with E-state index in [9.17, 15) is 9.59 Å². The Balaban J connectivity index is 2.05. The number of carboxylic acid groups (broad SMARTS) is 1. The lowest BCUT2D eigenvalue weighted by Gasteiger charge is -2.18. The first kappa shape index (κ1) is 22.4. The monoisotopic (exact) mass is 411 g/mol. The zero-order chi connectivity index (χ0) is 22.3. The molecule has 158 valence electrons. The van der Waals surface area contributed by atoms with Crippen LogP contribution in [0.25, 0.3) is 0 Å². The first-order valence-corrected chi connectivity index (χ1v) is 9.13. The van der Waals surface area contributed by atoms with Crippen molar-refractivity contribution < 1.29 is 19.4 Å². The highest BCUT2D eigenvalue weighted by atomic mass is 16.5. The van der Waals surface area contributed by atoms with Gasteiger partial charge in [0.2, 0.25) is 0 Å². The van der Waals surface area contributed by atoms with Gasteiger partial charge in [0.1, 0.15) is 24.0 Å². The molecule has 0 aliphatic rings. The van der Waals surface area contributed by atoms with Gasteiger partial charge in [0, 0.05) is 30.8 Å². The summed E-state index contributed by atoms with van der Waals surface area (Å²) in [7, 11) is 3.51. The number of amides is 1. The highest BCUT2D eigenvalue weighted by molar-refractivity contribution is 5.99. The Hall–Kier alpha value is -3.88. The van der Waals surface area contributed by atoms with Crippen molar-refractivity contribution in [2.45, 2.75) is 12.5 Å². The minimum absolute atomic E-state index is 0.0667. The van der Waals surface area contributed by atoms with Crippen LogP contribution in [0.1, 0.15) is 27.9 Å². The second-order valence-electron chi connectivity index (χ2n) is 6.84. The van der Waals surface area contributed by atoms with Gasteiger partial charge in [-0.1, -0.05) is 24.3 Å². The second-order valence-corrected chi connectivity index (χ2v) is 6.84. The molecule has 0 saturated heterocycles. The van der Waals surface area contributed by atoms with Crippen molar-refractivity contribution >= 4 is 23.5 Å². The molecule has 1 amide bonds. The number of nitrogens with two attached hydrogens (primary N) is 1. The molecule has 2 rings (SSSR count). The second kappa shape index (κ2) is 10.1. The molecule has 9 nitrogen and oxygen atoms in total. The fourth-order valence-electron chi connectivity index (χ4n) is 2.62. The number of rotatable bonds is 9. The molecule has 9 heteroatoms. The van der Waals surface area contributed by atoms with Gasteiger partial charge < -0.3 is 25.8 Å². The largest absolute Gasteiger partial charge is 0.491 e. The van der Waals surface area contributed by atoms with E-state index in [0.29, 0.717) is 28.3 Å². The number of carbonyl (C=O) groups excluding carboxylic acids is 1. The molecule has 0 spiro atoms. The Morgan fingerprint density at radius 2 is 1.73 bits per heavy atom. The summed E-state index contributed by atoms with van der Waals surface area (Å²) < 4.78 is 5.61. The van der Waals surface area contributed by atoms with Crippen LogP contribution in [0.2, 0.25) is 0 Å². The summed E-state index contributed by atoms with van der Waals surface area (Å²) in [6.45, 7) is -0.0667. The number of benzene rings is 2. The van der Waals surface area contributed by atoms with E-state index in [4.69, 9.17) is 26.4 Å². The lowest BCUT2D eigenvalue weighted by molar-refractivity contribution is -0.137. The summed E-state index contributed by atoms with van der Waals surface area (Å²) in [5.41, 5.74) is 6.94. The number of ether oxygens (including phenoxy) is 1. The Morgan fingerprint density at radius 1 is 1.10 bits per heavy atom. The average Bonchev–Trinajstić information content (AvgIpc) is 2.71. The summed E-state index contributed by atoms with van der Waals surface area (Å²) in [5.74, 6) is -0.895. The summed E-state index contributed by atoms with van der Waals surface area (Å²) >= 11 is 0. The highest BCUT2D eigenvalue weighted by Crippen LogP contribution is 2.14.